The predicted molar refractivity (Wildman–Crippen MR) is 72.8 cm³/mol. The molecule has 2 rings (SSSR count). The van der Waals surface area contributed by atoms with Crippen LogP contribution in [0.2, 0.25) is 0 Å². The van der Waals surface area contributed by atoms with Crippen molar-refractivity contribution in [2.24, 2.45) is 0 Å². The van der Waals surface area contributed by atoms with E-state index >= 15 is 0 Å². The van der Waals surface area contributed by atoms with Crippen molar-refractivity contribution in [2.45, 2.75) is 18.9 Å². The van der Waals surface area contributed by atoms with Gasteiger partial charge in [-0.15, -0.1) is 0 Å². The van der Waals surface area contributed by atoms with Crippen molar-refractivity contribution in [3.63, 3.8) is 0 Å². The Bertz CT molecular complexity index is 572. The molecule has 0 bridgehead atoms. The number of non-ortho nitro benzene ring substituents is 1. The zero-order chi connectivity index (χ0) is 16.1. The summed E-state index contributed by atoms with van der Waals surface area (Å²) in [6.45, 7) is 0.332. The number of ether oxygens (including phenoxy) is 2. The van der Waals surface area contributed by atoms with Crippen molar-refractivity contribution in [1.82, 2.24) is 4.90 Å². The number of hydrogen-bond donors (Lipinski definition) is 1. The van der Waals surface area contributed by atoms with Crippen LogP contribution in [0.25, 0.3) is 0 Å². The van der Waals surface area contributed by atoms with Gasteiger partial charge in [0.05, 0.1) is 11.0 Å². The Kier molecular flexibility index (Phi) is 4.77. The molecule has 118 valence electrons. The minimum Gasteiger partial charge on any atom is -0.465 e. The monoisotopic (exact) mass is 310 g/mol. The van der Waals surface area contributed by atoms with Gasteiger partial charge >= 0.3 is 12.2 Å². The fourth-order valence-electron chi connectivity index (χ4n) is 2.19. The first-order chi connectivity index (χ1) is 10.5. The molecule has 0 radical (unpaired) electrons. The molecule has 1 heterocycles. The number of likely N-dealkylation sites (tertiary alicyclic amines) is 1. The lowest BCUT2D eigenvalue weighted by Gasteiger charge is -2.20. The van der Waals surface area contributed by atoms with Crippen molar-refractivity contribution in [2.75, 3.05) is 13.2 Å². The van der Waals surface area contributed by atoms with E-state index in [-0.39, 0.29) is 24.1 Å². The molecule has 22 heavy (non-hydrogen) atoms. The lowest BCUT2D eigenvalue weighted by molar-refractivity contribution is -0.384. The third-order valence-electron chi connectivity index (χ3n) is 3.27. The summed E-state index contributed by atoms with van der Waals surface area (Å²) in [4.78, 5) is 33.6. The lowest BCUT2D eigenvalue weighted by atomic mass is 10.2. The highest BCUT2D eigenvalue weighted by Gasteiger charge is 2.29. The van der Waals surface area contributed by atoms with E-state index in [0.717, 1.165) is 6.42 Å². The van der Waals surface area contributed by atoms with Gasteiger partial charge in [0.25, 0.3) is 5.69 Å². The van der Waals surface area contributed by atoms with E-state index in [2.05, 4.69) is 0 Å². The molecule has 1 fully saturated rings. The number of carboxylic acid groups (broad SMARTS) is 1. The molecule has 1 atom stereocenters. The van der Waals surface area contributed by atoms with Crippen LogP contribution in [0.1, 0.15) is 12.8 Å². The number of benzene rings is 1. The second kappa shape index (κ2) is 6.74. The fourth-order valence-corrected chi connectivity index (χ4v) is 2.19. The SMILES string of the molecule is O=C(OC[C@H]1CCCN1C(=O)O)Oc1ccc([N+](=O)[O-])cc1. The number of nitrogens with zero attached hydrogens (tertiary/aromatic N) is 2. The van der Waals surface area contributed by atoms with Crippen molar-refractivity contribution in [3.05, 3.63) is 34.4 Å². The molecule has 1 aromatic carbocycles. The highest BCUT2D eigenvalue weighted by Crippen LogP contribution is 2.19. The molecule has 0 saturated carbocycles. The molecule has 1 aromatic rings. The highest BCUT2D eigenvalue weighted by molar-refractivity contribution is 5.66. The third kappa shape index (κ3) is 3.84. The van der Waals surface area contributed by atoms with Gasteiger partial charge in [-0.2, -0.15) is 0 Å². The Labute approximate surface area is 125 Å². The smallest absolute Gasteiger partial charge is 0.465 e. The molecule has 1 aliphatic heterocycles. The maximum absolute atomic E-state index is 11.5. The van der Waals surface area contributed by atoms with Gasteiger partial charge in [-0.25, -0.2) is 9.59 Å². The summed E-state index contributed by atoms with van der Waals surface area (Å²) < 4.78 is 9.74. The molecule has 9 nitrogen and oxygen atoms in total. The zero-order valence-corrected chi connectivity index (χ0v) is 11.5. The maximum Gasteiger partial charge on any atom is 0.513 e. The minimum absolute atomic E-state index is 0.0852. The maximum atomic E-state index is 11.5. The van der Waals surface area contributed by atoms with E-state index in [0.29, 0.717) is 13.0 Å². The summed E-state index contributed by atoms with van der Waals surface area (Å²) in [7, 11) is 0. The summed E-state index contributed by atoms with van der Waals surface area (Å²) in [5.74, 6) is 0.108. The van der Waals surface area contributed by atoms with Crippen LogP contribution in [0.5, 0.6) is 5.75 Å². The largest absolute Gasteiger partial charge is 0.513 e. The molecular formula is C13H14N2O7. The van der Waals surface area contributed by atoms with Gasteiger partial charge in [0.15, 0.2) is 0 Å². The van der Waals surface area contributed by atoms with Gasteiger partial charge in [0.2, 0.25) is 0 Å². The summed E-state index contributed by atoms with van der Waals surface area (Å²) in [6.07, 6.45) is -0.685. The van der Waals surface area contributed by atoms with Crippen molar-refractivity contribution >= 4 is 17.9 Å². The quantitative estimate of drug-likeness (QED) is 0.392. The van der Waals surface area contributed by atoms with Crippen molar-refractivity contribution in [3.8, 4) is 5.75 Å². The van der Waals surface area contributed by atoms with Crippen LogP contribution >= 0.6 is 0 Å². The van der Waals surface area contributed by atoms with Crippen LogP contribution < -0.4 is 4.74 Å². The third-order valence-corrected chi connectivity index (χ3v) is 3.27. The first-order valence-corrected chi connectivity index (χ1v) is 6.56. The molecule has 1 N–H and O–H groups in total. The highest BCUT2D eigenvalue weighted by atomic mass is 16.7. The second-order valence-electron chi connectivity index (χ2n) is 4.69. The topological polar surface area (TPSA) is 119 Å². The van der Waals surface area contributed by atoms with Crippen LogP contribution in [0.3, 0.4) is 0 Å². The van der Waals surface area contributed by atoms with Gasteiger partial charge in [0, 0.05) is 18.7 Å². The number of carbonyl (C=O) groups excluding carboxylic acids is 1. The predicted octanol–water partition coefficient (Wildman–Crippen LogP) is 2.25. The second-order valence-corrected chi connectivity index (χ2v) is 4.69. The Morgan fingerprint density at radius 2 is 2.05 bits per heavy atom. The first-order valence-electron chi connectivity index (χ1n) is 6.56. The van der Waals surface area contributed by atoms with E-state index in [1.54, 1.807) is 0 Å². The Morgan fingerprint density at radius 3 is 2.64 bits per heavy atom. The zero-order valence-electron chi connectivity index (χ0n) is 11.5. The average Bonchev–Trinajstić information content (AvgIpc) is 2.94. The van der Waals surface area contributed by atoms with E-state index in [9.17, 15) is 19.7 Å². The summed E-state index contributed by atoms with van der Waals surface area (Å²) in [5.41, 5.74) is -0.122. The molecule has 0 spiro atoms. The summed E-state index contributed by atoms with van der Waals surface area (Å²) >= 11 is 0. The van der Waals surface area contributed by atoms with Crippen LogP contribution in [0.15, 0.2) is 24.3 Å². The number of hydrogen-bond acceptors (Lipinski definition) is 6. The van der Waals surface area contributed by atoms with Gasteiger partial charge in [-0.1, -0.05) is 0 Å². The van der Waals surface area contributed by atoms with E-state index in [1.165, 1.54) is 29.2 Å². The number of carbonyl (C=O) groups is 2. The van der Waals surface area contributed by atoms with E-state index in [4.69, 9.17) is 14.6 Å². The first kappa shape index (κ1) is 15.5. The molecule has 0 unspecified atom stereocenters. The number of rotatable bonds is 4. The average molecular weight is 310 g/mol. The van der Waals surface area contributed by atoms with Crippen molar-refractivity contribution < 1.29 is 29.1 Å². The van der Waals surface area contributed by atoms with Gasteiger partial charge < -0.3 is 19.5 Å². The number of nitro groups is 1. The van der Waals surface area contributed by atoms with Crippen molar-refractivity contribution in [1.29, 1.82) is 0 Å². The summed E-state index contributed by atoms with van der Waals surface area (Å²) in [6, 6.07) is 4.58. The van der Waals surface area contributed by atoms with Crippen LogP contribution in [-0.4, -0.2) is 46.4 Å². The van der Waals surface area contributed by atoms with Crippen LogP contribution in [-0.2, 0) is 4.74 Å². The van der Waals surface area contributed by atoms with E-state index in [1.807, 2.05) is 0 Å². The standard InChI is InChI=1S/C13H14N2O7/c16-12(17)14-7-1-2-10(14)8-21-13(18)22-11-5-3-9(4-6-11)15(19)20/h3-6,10H,1-2,7-8H2,(H,16,17)/t10-/m1/s1. The molecule has 1 saturated heterocycles. The fraction of sp³-hybridized carbons (Fsp3) is 0.385. The minimum atomic E-state index is -1.05. The molecule has 0 aromatic heterocycles. The normalized spacial score (nSPS) is 17.1. The summed E-state index contributed by atoms with van der Waals surface area (Å²) in [5, 5.41) is 19.4. The molecule has 1 amide bonds. The van der Waals surface area contributed by atoms with Gasteiger partial charge in [0.1, 0.15) is 12.4 Å². The van der Waals surface area contributed by atoms with Gasteiger partial charge in [-0.3, -0.25) is 10.1 Å². The Morgan fingerprint density at radius 1 is 1.36 bits per heavy atom. The lowest BCUT2D eigenvalue weighted by Crippen LogP contribution is -2.38. The number of amides is 1. The number of nitro benzene ring substituents is 1. The Balaban J connectivity index is 1.83. The molecule has 0 aliphatic carbocycles. The Hall–Kier alpha value is -2.84. The van der Waals surface area contributed by atoms with E-state index < -0.39 is 17.2 Å². The molecule has 1 aliphatic rings. The molecular weight excluding hydrogens is 296 g/mol. The van der Waals surface area contributed by atoms with Crippen LogP contribution in [0, 0.1) is 10.1 Å². The molecule has 9 heteroatoms. The van der Waals surface area contributed by atoms with Crippen LogP contribution in [0.4, 0.5) is 15.3 Å². The van der Waals surface area contributed by atoms with Gasteiger partial charge in [-0.05, 0) is 25.0 Å².